The van der Waals surface area contributed by atoms with E-state index in [0.717, 1.165) is 5.57 Å². The lowest BCUT2D eigenvalue weighted by atomic mass is 9.44. The topological polar surface area (TPSA) is 118 Å². The molecule has 4 aliphatic rings. The Morgan fingerprint density at radius 1 is 0.868 bits per heavy atom. The Morgan fingerprint density at radius 2 is 1.53 bits per heavy atom. The van der Waals surface area contributed by atoms with Crippen molar-refractivity contribution in [2.75, 3.05) is 12.0 Å². The lowest BCUT2D eigenvalue weighted by Gasteiger charge is -2.55. The highest BCUT2D eigenvalue weighted by Gasteiger charge is 2.66. The maximum atomic E-state index is 15.3. The molecule has 0 unspecified atom stereocenters. The fourth-order valence-electron chi connectivity index (χ4n) is 9.30. The number of nitrogens with zero attached hydrogens (tertiary/aromatic N) is 1. The standard InChI is InChI=1S/C43H33Br2NO7/c1-22(47)23-13-15-26(16-14-23)46-41(51)28-18-17-27-30(35(28)42(46)52)19-32-39(49)29(24-9-5-3-6-10-24)21-34(48)43(32,25-11-7-4-8-12-25)36(27)31-20-33(53-2)40(50)38(45)37(31)44/h3-17,20-21,28,30,32,35-36,50H,18-19H2,1-2H3/t28-,30+,32-,35-,36+,43-/m0/s1. The van der Waals surface area contributed by atoms with Crippen molar-refractivity contribution in [1.29, 1.82) is 0 Å². The summed E-state index contributed by atoms with van der Waals surface area (Å²) in [5.74, 6) is -5.13. The third-order valence-corrected chi connectivity index (χ3v) is 13.8. The summed E-state index contributed by atoms with van der Waals surface area (Å²) in [5, 5.41) is 11.0. The van der Waals surface area contributed by atoms with Crippen LogP contribution in [0.5, 0.6) is 11.5 Å². The van der Waals surface area contributed by atoms with Gasteiger partial charge < -0.3 is 9.84 Å². The molecule has 4 aromatic rings. The zero-order chi connectivity index (χ0) is 37.3. The number of aromatic hydroxyl groups is 1. The molecular weight excluding hydrogens is 802 g/mol. The van der Waals surface area contributed by atoms with Gasteiger partial charge in [-0.2, -0.15) is 0 Å². The number of benzene rings is 4. The van der Waals surface area contributed by atoms with E-state index in [-0.39, 0.29) is 53.5 Å². The number of anilines is 1. The number of fused-ring (bicyclic) bond motifs is 4. The summed E-state index contributed by atoms with van der Waals surface area (Å²) in [4.78, 5) is 72.5. The smallest absolute Gasteiger partial charge is 0.238 e. The molecule has 0 radical (unpaired) electrons. The second-order valence-corrected chi connectivity index (χ2v) is 15.6. The largest absolute Gasteiger partial charge is 0.503 e. The van der Waals surface area contributed by atoms with Crippen LogP contribution in [0.25, 0.3) is 5.57 Å². The summed E-state index contributed by atoms with van der Waals surface area (Å²) in [7, 11) is 1.44. The Bertz CT molecular complexity index is 2300. The summed E-state index contributed by atoms with van der Waals surface area (Å²) in [5.41, 5.74) is 2.31. The van der Waals surface area contributed by atoms with Crippen LogP contribution >= 0.6 is 31.9 Å². The van der Waals surface area contributed by atoms with Gasteiger partial charge in [-0.05, 0) is 111 Å². The number of allylic oxidation sites excluding steroid dienone is 4. The molecule has 8 nitrogen and oxygen atoms in total. The minimum Gasteiger partial charge on any atom is -0.503 e. The van der Waals surface area contributed by atoms with Gasteiger partial charge in [0.1, 0.15) is 0 Å². The molecule has 0 aromatic heterocycles. The van der Waals surface area contributed by atoms with E-state index in [9.17, 15) is 19.5 Å². The van der Waals surface area contributed by atoms with Gasteiger partial charge in [0.15, 0.2) is 28.8 Å². The number of Topliss-reactive ketones (excluding diaryl/α,β-unsaturated/α-hetero) is 2. The van der Waals surface area contributed by atoms with Gasteiger partial charge >= 0.3 is 0 Å². The highest BCUT2D eigenvalue weighted by Crippen LogP contribution is 2.65. The van der Waals surface area contributed by atoms with Gasteiger partial charge in [-0.1, -0.05) is 72.3 Å². The van der Waals surface area contributed by atoms with Crippen molar-refractivity contribution in [2.24, 2.45) is 23.7 Å². The summed E-state index contributed by atoms with van der Waals surface area (Å²) in [6.45, 7) is 1.45. The predicted molar refractivity (Wildman–Crippen MR) is 206 cm³/mol. The molecule has 1 saturated carbocycles. The predicted octanol–water partition coefficient (Wildman–Crippen LogP) is 8.16. The number of amides is 2. The zero-order valence-corrected chi connectivity index (χ0v) is 31.9. The third kappa shape index (κ3) is 5.16. The van der Waals surface area contributed by atoms with Crippen LogP contribution in [0.4, 0.5) is 5.69 Å². The average Bonchev–Trinajstić information content (AvgIpc) is 3.44. The maximum absolute atomic E-state index is 15.3. The normalized spacial score (nSPS) is 26.3. The summed E-state index contributed by atoms with van der Waals surface area (Å²) in [6.07, 6.45) is 3.85. The molecule has 2 fully saturated rings. The number of rotatable bonds is 6. The number of phenols is 1. The van der Waals surface area contributed by atoms with Crippen LogP contribution in [0.15, 0.2) is 118 Å². The first-order valence-corrected chi connectivity index (χ1v) is 18.9. The van der Waals surface area contributed by atoms with E-state index >= 15 is 9.59 Å². The van der Waals surface area contributed by atoms with Gasteiger partial charge in [0.25, 0.3) is 0 Å². The van der Waals surface area contributed by atoms with Crippen LogP contribution in [0.1, 0.15) is 52.7 Å². The summed E-state index contributed by atoms with van der Waals surface area (Å²) in [6, 6.07) is 26.5. The Balaban J connectivity index is 1.37. The van der Waals surface area contributed by atoms with Crippen molar-refractivity contribution in [2.45, 2.75) is 31.1 Å². The van der Waals surface area contributed by atoms with Crippen molar-refractivity contribution in [3.05, 3.63) is 140 Å². The molecule has 1 saturated heterocycles. The van der Waals surface area contributed by atoms with Gasteiger partial charge in [0.2, 0.25) is 11.8 Å². The number of imide groups is 1. The number of ether oxygens (including phenoxy) is 1. The van der Waals surface area contributed by atoms with Gasteiger partial charge in [-0.15, -0.1) is 0 Å². The fourth-order valence-corrected chi connectivity index (χ4v) is 10.3. The van der Waals surface area contributed by atoms with Crippen molar-refractivity contribution in [1.82, 2.24) is 0 Å². The van der Waals surface area contributed by atoms with E-state index in [4.69, 9.17) is 4.74 Å². The molecule has 4 aromatic carbocycles. The maximum Gasteiger partial charge on any atom is 0.238 e. The van der Waals surface area contributed by atoms with Crippen LogP contribution in [0.3, 0.4) is 0 Å². The summed E-state index contributed by atoms with van der Waals surface area (Å²) < 4.78 is 6.40. The quantitative estimate of drug-likeness (QED) is 0.118. The highest BCUT2D eigenvalue weighted by atomic mass is 79.9. The number of carbonyl (C=O) groups excluding carboxylic acids is 5. The van der Waals surface area contributed by atoms with E-state index in [0.29, 0.717) is 42.5 Å². The van der Waals surface area contributed by atoms with E-state index in [2.05, 4.69) is 31.9 Å². The zero-order valence-electron chi connectivity index (χ0n) is 28.7. The Morgan fingerprint density at radius 3 is 2.17 bits per heavy atom. The molecule has 10 heteroatoms. The minimum absolute atomic E-state index is 0.132. The molecule has 266 valence electrons. The Labute approximate surface area is 322 Å². The van der Waals surface area contributed by atoms with Crippen molar-refractivity contribution in [3.63, 3.8) is 0 Å². The van der Waals surface area contributed by atoms with Crippen LogP contribution in [-0.4, -0.2) is 41.4 Å². The van der Waals surface area contributed by atoms with Crippen molar-refractivity contribution >= 4 is 72.3 Å². The SMILES string of the molecule is COc1cc([C@H]2C3=CC[C@@H]4C(=O)N(c5ccc(C(C)=O)cc5)C(=O)[C@@H]4[C@@H]3C[C@H]3C(=O)C(c4ccccc4)=CC(=O)[C@@]23c2ccccc2)c(Br)c(Br)c1O. The molecule has 8 rings (SSSR count). The third-order valence-electron chi connectivity index (χ3n) is 11.6. The van der Waals surface area contributed by atoms with Crippen LogP contribution in [0.2, 0.25) is 0 Å². The fraction of sp³-hybridized carbons (Fsp3) is 0.233. The lowest BCUT2D eigenvalue weighted by molar-refractivity contribution is -0.135. The molecule has 2 amide bonds. The monoisotopic (exact) mass is 833 g/mol. The first-order chi connectivity index (χ1) is 25.5. The number of halogens is 2. The summed E-state index contributed by atoms with van der Waals surface area (Å²) >= 11 is 7.25. The van der Waals surface area contributed by atoms with Gasteiger partial charge in [0.05, 0.1) is 34.5 Å². The molecule has 6 atom stereocenters. The van der Waals surface area contributed by atoms with Gasteiger partial charge in [-0.25, -0.2) is 0 Å². The molecular formula is C43H33Br2NO7. The van der Waals surface area contributed by atoms with Crippen LogP contribution < -0.4 is 9.64 Å². The number of ketones is 3. The van der Waals surface area contributed by atoms with Crippen molar-refractivity contribution < 1.29 is 33.8 Å². The Kier molecular flexibility index (Phi) is 8.73. The molecule has 1 aliphatic heterocycles. The van der Waals surface area contributed by atoms with E-state index in [1.54, 1.807) is 30.3 Å². The van der Waals surface area contributed by atoms with Crippen LogP contribution in [0, 0.1) is 23.7 Å². The van der Waals surface area contributed by atoms with Crippen molar-refractivity contribution in [3.8, 4) is 11.5 Å². The minimum atomic E-state index is -1.45. The lowest BCUT2D eigenvalue weighted by Crippen LogP contribution is -2.59. The molecule has 1 heterocycles. The molecule has 3 aliphatic carbocycles. The highest BCUT2D eigenvalue weighted by molar-refractivity contribution is 9.13. The van der Waals surface area contributed by atoms with Gasteiger partial charge in [0, 0.05) is 27.4 Å². The average molecular weight is 836 g/mol. The first-order valence-electron chi connectivity index (χ1n) is 17.4. The number of methoxy groups -OCH3 is 1. The molecule has 1 N–H and O–H groups in total. The molecule has 0 spiro atoms. The van der Waals surface area contributed by atoms with Crippen LogP contribution in [-0.2, 0) is 24.6 Å². The van der Waals surface area contributed by atoms with Gasteiger partial charge in [-0.3, -0.25) is 28.9 Å². The Hall–Kier alpha value is -4.93. The molecule has 0 bridgehead atoms. The van der Waals surface area contributed by atoms with E-state index in [1.165, 1.54) is 25.0 Å². The second kappa shape index (κ2) is 13.2. The molecule has 53 heavy (non-hydrogen) atoms. The number of hydrogen-bond acceptors (Lipinski definition) is 7. The number of carbonyl (C=O) groups is 5. The first kappa shape index (κ1) is 35.1. The number of hydrogen-bond donors (Lipinski definition) is 1. The van der Waals surface area contributed by atoms with E-state index < -0.39 is 35.0 Å². The second-order valence-electron chi connectivity index (χ2n) is 14.0. The number of phenolic OH excluding ortho intramolecular Hbond substituents is 1. The van der Waals surface area contributed by atoms with E-state index in [1.807, 2.05) is 66.7 Å².